The summed E-state index contributed by atoms with van der Waals surface area (Å²) < 4.78 is 0. The third-order valence-corrected chi connectivity index (χ3v) is 2.63. The van der Waals surface area contributed by atoms with Gasteiger partial charge in [0.2, 0.25) is 0 Å². The summed E-state index contributed by atoms with van der Waals surface area (Å²) in [6, 6.07) is 0. The minimum absolute atomic E-state index is 0.142. The second-order valence-corrected chi connectivity index (χ2v) is 3.98. The van der Waals surface area contributed by atoms with Gasteiger partial charge in [0.05, 0.1) is 12.7 Å². The van der Waals surface area contributed by atoms with E-state index in [1.807, 2.05) is 5.41 Å². The maximum Gasteiger partial charge on any atom is 0.0864 e. The first-order chi connectivity index (χ1) is 6.31. The van der Waals surface area contributed by atoms with E-state index in [0.29, 0.717) is 5.75 Å². The molecule has 0 aliphatic rings. The van der Waals surface area contributed by atoms with Crippen molar-refractivity contribution < 1.29 is 10.2 Å². The molecule has 2 nitrogen and oxygen atoms in total. The molecule has 0 aliphatic carbocycles. The lowest BCUT2D eigenvalue weighted by molar-refractivity contribution is 0.113. The lowest BCUT2D eigenvalue weighted by atomic mass is 10.2. The van der Waals surface area contributed by atoms with Crippen LogP contribution in [0.5, 0.6) is 0 Å². The van der Waals surface area contributed by atoms with Crippen molar-refractivity contribution in [2.45, 2.75) is 38.7 Å². The molecule has 0 rings (SSSR count). The Morgan fingerprint density at radius 2 is 2.15 bits per heavy atom. The largest absolute Gasteiger partial charge is 0.394 e. The average molecular weight is 204 g/mol. The zero-order valence-electron chi connectivity index (χ0n) is 8.28. The van der Waals surface area contributed by atoms with Crippen LogP contribution in [0.1, 0.15) is 32.6 Å². The van der Waals surface area contributed by atoms with Crippen LogP contribution in [-0.4, -0.2) is 28.7 Å². The summed E-state index contributed by atoms with van der Waals surface area (Å²) in [5, 5.41) is 19.5. The van der Waals surface area contributed by atoms with Crippen LogP contribution in [0.3, 0.4) is 0 Å². The van der Waals surface area contributed by atoms with Gasteiger partial charge in [0.1, 0.15) is 0 Å². The Labute approximate surface area is 85.0 Å². The maximum absolute atomic E-state index is 8.99. The van der Waals surface area contributed by atoms with E-state index >= 15 is 0 Å². The van der Waals surface area contributed by atoms with E-state index in [1.54, 1.807) is 11.8 Å². The Morgan fingerprint density at radius 3 is 2.77 bits per heavy atom. The topological polar surface area (TPSA) is 40.5 Å². The Bertz CT molecular complexity index is 126. The van der Waals surface area contributed by atoms with E-state index in [4.69, 9.17) is 10.2 Å². The van der Waals surface area contributed by atoms with Crippen LogP contribution >= 0.6 is 11.8 Å². The molecule has 0 fully saturated rings. The van der Waals surface area contributed by atoms with Crippen molar-refractivity contribution in [3.8, 4) is 0 Å². The number of allylic oxidation sites excluding steroid dienone is 1. The van der Waals surface area contributed by atoms with Crippen LogP contribution in [0.25, 0.3) is 0 Å². The molecular weight excluding hydrogens is 184 g/mol. The Hall–Kier alpha value is 0.01000. The van der Waals surface area contributed by atoms with E-state index in [9.17, 15) is 0 Å². The third-order valence-electron chi connectivity index (χ3n) is 1.67. The first-order valence-corrected chi connectivity index (χ1v) is 5.91. The van der Waals surface area contributed by atoms with Gasteiger partial charge in [-0.2, -0.15) is 0 Å². The number of aliphatic hydroxyl groups excluding tert-OH is 2. The van der Waals surface area contributed by atoms with Gasteiger partial charge in [-0.25, -0.2) is 0 Å². The van der Waals surface area contributed by atoms with Gasteiger partial charge in [0.15, 0.2) is 0 Å². The van der Waals surface area contributed by atoms with Crippen LogP contribution in [-0.2, 0) is 0 Å². The maximum atomic E-state index is 8.99. The predicted molar refractivity (Wildman–Crippen MR) is 58.8 cm³/mol. The molecule has 1 atom stereocenters. The number of unbranched alkanes of at least 4 members (excludes halogenated alkanes) is 3. The fraction of sp³-hybridized carbons (Fsp3) is 0.800. The van der Waals surface area contributed by atoms with Crippen molar-refractivity contribution in [1.29, 1.82) is 0 Å². The molecule has 0 spiro atoms. The molecule has 0 aromatic carbocycles. The van der Waals surface area contributed by atoms with E-state index < -0.39 is 6.10 Å². The summed E-state index contributed by atoms with van der Waals surface area (Å²) >= 11 is 1.55. The van der Waals surface area contributed by atoms with Gasteiger partial charge in [0.25, 0.3) is 0 Å². The first kappa shape index (κ1) is 13.0. The second kappa shape index (κ2) is 10.1. The van der Waals surface area contributed by atoms with E-state index in [2.05, 4.69) is 13.0 Å². The van der Waals surface area contributed by atoms with Crippen molar-refractivity contribution in [2.75, 3.05) is 12.4 Å². The molecule has 0 aromatic rings. The van der Waals surface area contributed by atoms with E-state index in [1.165, 1.54) is 19.3 Å². The molecular formula is C10H20O2S. The van der Waals surface area contributed by atoms with Crippen molar-refractivity contribution in [3.63, 3.8) is 0 Å². The van der Waals surface area contributed by atoms with Gasteiger partial charge in [-0.3, -0.25) is 0 Å². The van der Waals surface area contributed by atoms with Gasteiger partial charge in [-0.05, 0) is 18.2 Å². The highest BCUT2D eigenvalue weighted by atomic mass is 32.2. The molecule has 13 heavy (non-hydrogen) atoms. The van der Waals surface area contributed by atoms with Crippen molar-refractivity contribution in [2.24, 2.45) is 0 Å². The summed E-state index contributed by atoms with van der Waals surface area (Å²) in [6.45, 7) is 2.05. The summed E-state index contributed by atoms with van der Waals surface area (Å²) in [5.41, 5.74) is 0. The Kier molecular flexibility index (Phi) is 10.1. The monoisotopic (exact) mass is 204 g/mol. The highest BCUT2D eigenvalue weighted by Crippen LogP contribution is 2.07. The summed E-state index contributed by atoms with van der Waals surface area (Å²) in [4.78, 5) is 0. The summed E-state index contributed by atoms with van der Waals surface area (Å²) in [5.74, 6) is 0.584. The van der Waals surface area contributed by atoms with E-state index in [0.717, 1.165) is 6.42 Å². The van der Waals surface area contributed by atoms with Gasteiger partial charge < -0.3 is 10.2 Å². The molecule has 0 saturated heterocycles. The molecule has 1 unspecified atom stereocenters. The second-order valence-electron chi connectivity index (χ2n) is 3.04. The van der Waals surface area contributed by atoms with Crippen molar-refractivity contribution >= 4 is 11.8 Å². The molecule has 3 heteroatoms. The third kappa shape index (κ3) is 9.93. The highest BCUT2D eigenvalue weighted by Gasteiger charge is 1.98. The van der Waals surface area contributed by atoms with Gasteiger partial charge in [0, 0.05) is 5.75 Å². The van der Waals surface area contributed by atoms with Crippen LogP contribution in [0.4, 0.5) is 0 Å². The number of thioether (sulfide) groups is 1. The SMILES string of the molecule is CCCCC/C=C/SCC(O)CO. The Morgan fingerprint density at radius 1 is 1.38 bits per heavy atom. The molecule has 78 valence electrons. The van der Waals surface area contributed by atoms with Gasteiger partial charge >= 0.3 is 0 Å². The molecule has 0 aromatic heterocycles. The molecule has 0 bridgehead atoms. The van der Waals surface area contributed by atoms with E-state index in [-0.39, 0.29) is 6.61 Å². The van der Waals surface area contributed by atoms with Crippen molar-refractivity contribution in [3.05, 3.63) is 11.5 Å². The summed E-state index contributed by atoms with van der Waals surface area (Å²) in [6.07, 6.45) is 6.46. The molecule has 0 saturated carbocycles. The van der Waals surface area contributed by atoms with Gasteiger partial charge in [-0.1, -0.05) is 25.8 Å². The minimum Gasteiger partial charge on any atom is -0.394 e. The number of aliphatic hydroxyl groups is 2. The van der Waals surface area contributed by atoms with Crippen LogP contribution < -0.4 is 0 Å². The van der Waals surface area contributed by atoms with Crippen LogP contribution in [0.2, 0.25) is 0 Å². The lowest BCUT2D eigenvalue weighted by Crippen LogP contribution is -2.13. The number of hydrogen-bond acceptors (Lipinski definition) is 3. The molecule has 0 radical (unpaired) electrons. The first-order valence-electron chi connectivity index (χ1n) is 4.86. The molecule has 2 N–H and O–H groups in total. The number of hydrogen-bond donors (Lipinski definition) is 2. The standard InChI is InChI=1S/C10H20O2S/c1-2-3-4-5-6-7-13-9-10(12)8-11/h6-7,10-12H,2-5,8-9H2,1H3/b7-6+. The molecule has 0 amide bonds. The fourth-order valence-electron chi connectivity index (χ4n) is 0.868. The lowest BCUT2D eigenvalue weighted by Gasteiger charge is -2.02. The molecule has 0 heterocycles. The van der Waals surface area contributed by atoms with Crippen molar-refractivity contribution in [1.82, 2.24) is 0 Å². The normalized spacial score (nSPS) is 13.8. The Balaban J connectivity index is 3.12. The smallest absolute Gasteiger partial charge is 0.0864 e. The minimum atomic E-state index is -0.578. The van der Waals surface area contributed by atoms with Crippen LogP contribution in [0.15, 0.2) is 11.5 Å². The molecule has 0 aliphatic heterocycles. The van der Waals surface area contributed by atoms with Gasteiger partial charge in [-0.15, -0.1) is 11.8 Å². The highest BCUT2D eigenvalue weighted by molar-refractivity contribution is 8.02. The average Bonchev–Trinajstić information content (AvgIpc) is 2.16. The quantitative estimate of drug-likeness (QED) is 0.595. The summed E-state index contributed by atoms with van der Waals surface area (Å²) in [7, 11) is 0. The number of rotatable bonds is 8. The zero-order chi connectivity index (χ0) is 9.94. The predicted octanol–water partition coefficient (Wildman–Crippen LogP) is 2.17. The zero-order valence-corrected chi connectivity index (χ0v) is 9.09. The van der Waals surface area contributed by atoms with Crippen LogP contribution in [0, 0.1) is 0 Å². The fourth-order valence-corrected chi connectivity index (χ4v) is 1.58.